The SMILES string of the molecule is CC(=O)N[C@H](C)NC(=O)[C@H](Cc1ccccc1)NC(=O)OCc1ccccc1. The molecule has 0 aliphatic heterocycles. The Morgan fingerprint density at radius 1 is 0.857 bits per heavy atom. The van der Waals surface area contributed by atoms with Gasteiger partial charge in [0.1, 0.15) is 12.6 Å². The Balaban J connectivity index is 1.99. The van der Waals surface area contributed by atoms with Crippen molar-refractivity contribution in [2.45, 2.75) is 39.1 Å². The quantitative estimate of drug-likeness (QED) is 0.609. The Morgan fingerprint density at radius 3 is 2.00 bits per heavy atom. The maximum Gasteiger partial charge on any atom is 0.408 e. The van der Waals surface area contributed by atoms with Crippen LogP contribution in [0.5, 0.6) is 0 Å². The number of hydrogen-bond donors (Lipinski definition) is 3. The minimum atomic E-state index is -0.845. The monoisotopic (exact) mass is 383 g/mol. The molecule has 7 nitrogen and oxygen atoms in total. The molecule has 2 rings (SSSR count). The lowest BCUT2D eigenvalue weighted by molar-refractivity contribution is -0.124. The van der Waals surface area contributed by atoms with Crippen molar-refractivity contribution < 1.29 is 19.1 Å². The molecule has 0 fully saturated rings. The molecule has 0 radical (unpaired) electrons. The molecule has 0 aliphatic rings. The van der Waals surface area contributed by atoms with Crippen LogP contribution in [0.15, 0.2) is 60.7 Å². The van der Waals surface area contributed by atoms with Crippen molar-refractivity contribution in [1.82, 2.24) is 16.0 Å². The highest BCUT2D eigenvalue weighted by molar-refractivity contribution is 5.86. The number of benzene rings is 2. The van der Waals surface area contributed by atoms with Gasteiger partial charge in [0.2, 0.25) is 11.8 Å². The van der Waals surface area contributed by atoms with E-state index in [2.05, 4.69) is 16.0 Å². The van der Waals surface area contributed by atoms with Gasteiger partial charge in [-0.1, -0.05) is 60.7 Å². The van der Waals surface area contributed by atoms with Gasteiger partial charge in [0.05, 0.1) is 6.17 Å². The molecule has 0 heterocycles. The zero-order valence-electron chi connectivity index (χ0n) is 16.0. The van der Waals surface area contributed by atoms with Crippen molar-refractivity contribution in [1.29, 1.82) is 0 Å². The predicted octanol–water partition coefficient (Wildman–Crippen LogP) is 2.12. The van der Waals surface area contributed by atoms with Crippen LogP contribution >= 0.6 is 0 Å². The van der Waals surface area contributed by atoms with E-state index in [1.165, 1.54) is 6.92 Å². The third-order valence-corrected chi connectivity index (χ3v) is 3.88. The van der Waals surface area contributed by atoms with Crippen LogP contribution < -0.4 is 16.0 Å². The summed E-state index contributed by atoms with van der Waals surface area (Å²) in [5.41, 5.74) is 1.74. The Labute approximate surface area is 164 Å². The number of nitrogens with one attached hydrogen (secondary N) is 3. The minimum absolute atomic E-state index is 0.106. The number of carbonyl (C=O) groups is 3. The number of rotatable bonds is 8. The van der Waals surface area contributed by atoms with Crippen LogP contribution in [-0.4, -0.2) is 30.1 Å². The van der Waals surface area contributed by atoms with Crippen LogP contribution in [0.2, 0.25) is 0 Å². The fraction of sp³-hybridized carbons (Fsp3) is 0.286. The van der Waals surface area contributed by atoms with Gasteiger partial charge in [-0.3, -0.25) is 9.59 Å². The van der Waals surface area contributed by atoms with Crippen molar-refractivity contribution in [3.63, 3.8) is 0 Å². The third kappa shape index (κ3) is 7.49. The molecule has 0 saturated heterocycles. The molecule has 28 heavy (non-hydrogen) atoms. The fourth-order valence-electron chi connectivity index (χ4n) is 2.62. The molecule has 0 aromatic heterocycles. The summed E-state index contributed by atoms with van der Waals surface area (Å²) in [5.74, 6) is -0.676. The molecule has 0 bridgehead atoms. The molecule has 148 valence electrons. The predicted molar refractivity (Wildman–Crippen MR) is 105 cm³/mol. The van der Waals surface area contributed by atoms with E-state index in [-0.39, 0.29) is 12.5 Å². The largest absolute Gasteiger partial charge is 0.445 e. The Hall–Kier alpha value is -3.35. The highest BCUT2D eigenvalue weighted by Crippen LogP contribution is 2.05. The Morgan fingerprint density at radius 2 is 1.43 bits per heavy atom. The van der Waals surface area contributed by atoms with Gasteiger partial charge in [0, 0.05) is 13.3 Å². The summed E-state index contributed by atoms with van der Waals surface area (Å²) in [4.78, 5) is 36.0. The third-order valence-electron chi connectivity index (χ3n) is 3.88. The van der Waals surface area contributed by atoms with E-state index in [4.69, 9.17) is 4.74 Å². The van der Waals surface area contributed by atoms with Gasteiger partial charge in [-0.2, -0.15) is 0 Å². The van der Waals surface area contributed by atoms with Crippen molar-refractivity contribution in [2.24, 2.45) is 0 Å². The van der Waals surface area contributed by atoms with Crippen LogP contribution in [-0.2, 0) is 27.4 Å². The van der Waals surface area contributed by atoms with Gasteiger partial charge in [-0.25, -0.2) is 4.79 Å². The number of hydrogen-bond acceptors (Lipinski definition) is 4. The number of ether oxygens (including phenoxy) is 1. The zero-order chi connectivity index (χ0) is 20.4. The molecule has 0 unspecified atom stereocenters. The van der Waals surface area contributed by atoms with E-state index in [9.17, 15) is 14.4 Å². The highest BCUT2D eigenvalue weighted by Gasteiger charge is 2.23. The molecule has 2 aromatic carbocycles. The smallest absolute Gasteiger partial charge is 0.408 e. The second-order valence-corrected chi connectivity index (χ2v) is 6.38. The Kier molecular flexibility index (Phi) is 8.02. The first-order valence-electron chi connectivity index (χ1n) is 9.02. The average molecular weight is 383 g/mol. The average Bonchev–Trinajstić information content (AvgIpc) is 2.67. The summed E-state index contributed by atoms with van der Waals surface area (Å²) < 4.78 is 5.22. The van der Waals surface area contributed by atoms with Crippen molar-refractivity contribution in [3.8, 4) is 0 Å². The molecular formula is C21H25N3O4. The summed E-state index contributed by atoms with van der Waals surface area (Å²) in [6, 6.07) is 17.8. The summed E-state index contributed by atoms with van der Waals surface area (Å²) in [5, 5.41) is 7.86. The molecule has 7 heteroatoms. The summed E-state index contributed by atoms with van der Waals surface area (Å²) in [7, 11) is 0. The zero-order valence-corrected chi connectivity index (χ0v) is 16.0. The topological polar surface area (TPSA) is 96.5 Å². The van der Waals surface area contributed by atoms with E-state index in [0.29, 0.717) is 6.42 Å². The van der Waals surface area contributed by atoms with Crippen LogP contribution in [0.25, 0.3) is 0 Å². The molecule has 0 aliphatic carbocycles. The summed E-state index contributed by atoms with van der Waals surface area (Å²) in [6.07, 6.45) is -0.961. The molecule has 2 atom stereocenters. The van der Waals surface area contributed by atoms with E-state index >= 15 is 0 Å². The standard InChI is InChI=1S/C21H25N3O4/c1-15(22-16(2)25)23-20(26)19(13-17-9-5-3-6-10-17)24-21(27)28-14-18-11-7-4-8-12-18/h3-12,15,19H,13-14H2,1-2H3,(H,22,25)(H,23,26)(H,24,27)/t15-,19-/m0/s1. The van der Waals surface area contributed by atoms with Crippen molar-refractivity contribution in [3.05, 3.63) is 71.8 Å². The first-order chi connectivity index (χ1) is 13.4. The number of carbonyl (C=O) groups excluding carboxylic acids is 3. The van der Waals surface area contributed by atoms with Gasteiger partial charge in [0.25, 0.3) is 0 Å². The lowest BCUT2D eigenvalue weighted by atomic mass is 10.1. The minimum Gasteiger partial charge on any atom is -0.445 e. The van der Waals surface area contributed by atoms with Crippen LogP contribution in [0.3, 0.4) is 0 Å². The van der Waals surface area contributed by atoms with Gasteiger partial charge in [-0.05, 0) is 18.1 Å². The molecule has 2 aromatic rings. The van der Waals surface area contributed by atoms with E-state index < -0.39 is 24.2 Å². The van der Waals surface area contributed by atoms with Gasteiger partial charge in [0.15, 0.2) is 0 Å². The van der Waals surface area contributed by atoms with E-state index in [1.54, 1.807) is 6.92 Å². The van der Waals surface area contributed by atoms with Crippen molar-refractivity contribution >= 4 is 17.9 Å². The second-order valence-electron chi connectivity index (χ2n) is 6.38. The molecule has 0 saturated carbocycles. The second kappa shape index (κ2) is 10.7. The molecule has 3 N–H and O–H groups in total. The maximum atomic E-state index is 12.6. The normalized spacial score (nSPS) is 12.4. The van der Waals surface area contributed by atoms with Crippen molar-refractivity contribution in [2.75, 3.05) is 0 Å². The molecule has 0 spiro atoms. The van der Waals surface area contributed by atoms with E-state index in [0.717, 1.165) is 11.1 Å². The van der Waals surface area contributed by atoms with Crippen LogP contribution in [0, 0.1) is 0 Å². The van der Waals surface area contributed by atoms with E-state index in [1.807, 2.05) is 60.7 Å². The van der Waals surface area contributed by atoms with Crippen LogP contribution in [0.1, 0.15) is 25.0 Å². The highest BCUT2D eigenvalue weighted by atomic mass is 16.5. The maximum absolute atomic E-state index is 12.6. The fourth-order valence-corrected chi connectivity index (χ4v) is 2.62. The summed E-state index contributed by atoms with van der Waals surface area (Å²) >= 11 is 0. The first kappa shape index (κ1) is 21.0. The molecular weight excluding hydrogens is 358 g/mol. The summed E-state index contributed by atoms with van der Waals surface area (Å²) in [6.45, 7) is 3.12. The van der Waals surface area contributed by atoms with Crippen LogP contribution in [0.4, 0.5) is 4.79 Å². The van der Waals surface area contributed by atoms with Gasteiger partial charge < -0.3 is 20.7 Å². The number of alkyl carbamates (subject to hydrolysis) is 1. The molecule has 3 amide bonds. The first-order valence-corrected chi connectivity index (χ1v) is 9.02. The lowest BCUT2D eigenvalue weighted by Crippen LogP contribution is -2.54. The Bertz CT molecular complexity index is 781. The number of amides is 3. The van der Waals surface area contributed by atoms with Gasteiger partial charge in [-0.15, -0.1) is 0 Å². The lowest BCUT2D eigenvalue weighted by Gasteiger charge is -2.21. The van der Waals surface area contributed by atoms with Gasteiger partial charge >= 0.3 is 6.09 Å².